The molecule has 2 aromatic rings. The molecule has 0 saturated heterocycles. The molecule has 44 heavy (non-hydrogen) atoms. The summed E-state index contributed by atoms with van der Waals surface area (Å²) in [7, 11) is 0. The Morgan fingerprint density at radius 3 is 1.36 bits per heavy atom. The van der Waals surface area contributed by atoms with Crippen LogP contribution in [0.2, 0.25) is 0 Å². The van der Waals surface area contributed by atoms with E-state index in [4.69, 9.17) is 9.47 Å². The van der Waals surface area contributed by atoms with E-state index in [2.05, 4.69) is 21.3 Å². The van der Waals surface area contributed by atoms with Crippen molar-refractivity contribution >= 4 is 29.8 Å². The van der Waals surface area contributed by atoms with Crippen molar-refractivity contribution in [1.82, 2.24) is 21.3 Å². The molecule has 0 aliphatic heterocycles. The van der Waals surface area contributed by atoms with E-state index in [1.165, 1.54) is 0 Å². The van der Waals surface area contributed by atoms with Crippen molar-refractivity contribution in [1.29, 1.82) is 0 Å². The van der Waals surface area contributed by atoms with Gasteiger partial charge in [0.05, 0.1) is 12.1 Å². The summed E-state index contributed by atoms with van der Waals surface area (Å²) in [5, 5.41) is 10.7. The predicted molar refractivity (Wildman–Crippen MR) is 164 cm³/mol. The Morgan fingerprint density at radius 2 is 1.02 bits per heavy atom. The van der Waals surface area contributed by atoms with Gasteiger partial charge in [0.2, 0.25) is 11.8 Å². The lowest BCUT2D eigenvalue weighted by Crippen LogP contribution is -2.54. The topological polar surface area (TPSA) is 152 Å². The third kappa shape index (κ3) is 11.3. The molecule has 11 nitrogen and oxygen atoms in total. The SMILES string of the molecule is CC(C)C[C@H](NC(=O)OCc1ccccc1)C(=O)NC1CCC(NC(=O)[C@H](CC(C)C)NC(=O)OCc2ccccc2)C1=O. The number of hydrogen-bond acceptors (Lipinski definition) is 7. The lowest BCUT2D eigenvalue weighted by molar-refractivity contribution is -0.130. The maximum absolute atomic E-state index is 13.2. The molecular weight excluding hydrogens is 564 g/mol. The van der Waals surface area contributed by atoms with Crippen LogP contribution in [0.4, 0.5) is 9.59 Å². The summed E-state index contributed by atoms with van der Waals surface area (Å²) in [5.74, 6) is -1.17. The summed E-state index contributed by atoms with van der Waals surface area (Å²) >= 11 is 0. The minimum absolute atomic E-state index is 0.0581. The first-order valence-electron chi connectivity index (χ1n) is 15.1. The number of carbonyl (C=O) groups is 5. The largest absolute Gasteiger partial charge is 0.445 e. The molecule has 0 radical (unpaired) electrons. The molecule has 1 saturated carbocycles. The van der Waals surface area contributed by atoms with E-state index in [-0.39, 0.29) is 30.8 Å². The average Bonchev–Trinajstić information content (AvgIpc) is 3.32. The van der Waals surface area contributed by atoms with E-state index in [1.54, 1.807) is 0 Å². The van der Waals surface area contributed by atoms with Crippen LogP contribution < -0.4 is 21.3 Å². The highest BCUT2D eigenvalue weighted by molar-refractivity contribution is 5.98. The standard InChI is InChI=1S/C33H44N4O7/c1-21(2)17-27(36-32(41)43-19-23-11-7-5-8-12-23)30(39)34-25-15-16-26(29(25)38)35-31(40)28(18-22(3)4)37-33(42)44-20-24-13-9-6-10-14-24/h5-14,21-22,25-28H,15-20H2,1-4H3,(H,34,39)(H,35,40)(H,36,41)(H,37,42)/t25?,26?,27-,28-/m0/s1. The molecule has 1 aliphatic carbocycles. The third-order valence-corrected chi connectivity index (χ3v) is 7.12. The Hall–Kier alpha value is -4.41. The molecule has 11 heteroatoms. The maximum Gasteiger partial charge on any atom is 0.408 e. The Kier molecular flexibility index (Phi) is 13.2. The van der Waals surface area contributed by atoms with Crippen LogP contribution in [0.25, 0.3) is 0 Å². The number of benzene rings is 2. The summed E-state index contributed by atoms with van der Waals surface area (Å²) in [4.78, 5) is 64.4. The van der Waals surface area contributed by atoms with Crippen molar-refractivity contribution in [2.45, 2.75) is 90.8 Å². The lowest BCUT2D eigenvalue weighted by atomic mass is 10.0. The van der Waals surface area contributed by atoms with Crippen molar-refractivity contribution in [3.63, 3.8) is 0 Å². The minimum Gasteiger partial charge on any atom is -0.445 e. The molecule has 3 rings (SSSR count). The number of Topliss-reactive ketones (excluding diaryl/α,β-unsaturated/α-hetero) is 1. The summed E-state index contributed by atoms with van der Waals surface area (Å²) in [6.45, 7) is 7.79. The number of ketones is 1. The summed E-state index contributed by atoms with van der Waals surface area (Å²) in [5.41, 5.74) is 1.62. The number of carbonyl (C=O) groups excluding carboxylic acids is 5. The zero-order valence-corrected chi connectivity index (χ0v) is 25.8. The van der Waals surface area contributed by atoms with Gasteiger partial charge in [-0.05, 0) is 48.6 Å². The van der Waals surface area contributed by atoms with Gasteiger partial charge in [0.15, 0.2) is 5.78 Å². The molecule has 4 atom stereocenters. The second-order valence-electron chi connectivity index (χ2n) is 11.9. The number of rotatable bonds is 14. The van der Waals surface area contributed by atoms with Crippen LogP contribution in [-0.2, 0) is 37.1 Å². The summed E-state index contributed by atoms with van der Waals surface area (Å²) in [6.07, 6.45) is -0.132. The van der Waals surface area contributed by atoms with E-state index in [0.717, 1.165) is 11.1 Å². The second kappa shape index (κ2) is 17.0. The van der Waals surface area contributed by atoms with Crippen LogP contribution in [-0.4, -0.2) is 54.0 Å². The van der Waals surface area contributed by atoms with Crippen LogP contribution >= 0.6 is 0 Å². The second-order valence-corrected chi connectivity index (χ2v) is 11.9. The molecule has 2 unspecified atom stereocenters. The highest BCUT2D eigenvalue weighted by Gasteiger charge is 2.38. The van der Waals surface area contributed by atoms with Gasteiger partial charge in [-0.3, -0.25) is 14.4 Å². The number of amides is 4. The molecule has 0 bridgehead atoms. The van der Waals surface area contributed by atoms with E-state index < -0.39 is 48.2 Å². The van der Waals surface area contributed by atoms with Crippen LogP contribution in [0.3, 0.4) is 0 Å². The monoisotopic (exact) mass is 608 g/mol. The normalized spacial score (nSPS) is 17.5. The van der Waals surface area contributed by atoms with Gasteiger partial charge in [-0.25, -0.2) is 9.59 Å². The summed E-state index contributed by atoms with van der Waals surface area (Å²) in [6, 6.07) is 14.9. The zero-order valence-electron chi connectivity index (χ0n) is 25.8. The average molecular weight is 609 g/mol. The number of hydrogen-bond donors (Lipinski definition) is 4. The van der Waals surface area contributed by atoms with Crippen LogP contribution in [0.15, 0.2) is 60.7 Å². The Morgan fingerprint density at radius 1 is 0.659 bits per heavy atom. The Labute approximate surface area is 258 Å². The fraction of sp³-hybridized carbons (Fsp3) is 0.485. The van der Waals surface area contributed by atoms with Gasteiger partial charge in [-0.15, -0.1) is 0 Å². The molecule has 238 valence electrons. The molecule has 1 aliphatic rings. The fourth-order valence-corrected chi connectivity index (χ4v) is 4.91. The number of alkyl carbamates (subject to hydrolysis) is 2. The fourth-order valence-electron chi connectivity index (χ4n) is 4.91. The Balaban J connectivity index is 1.52. The molecule has 1 fully saturated rings. The van der Waals surface area contributed by atoms with Crippen molar-refractivity contribution in [3.8, 4) is 0 Å². The van der Waals surface area contributed by atoms with Gasteiger partial charge in [0.1, 0.15) is 25.3 Å². The smallest absolute Gasteiger partial charge is 0.408 e. The highest BCUT2D eigenvalue weighted by Crippen LogP contribution is 2.18. The third-order valence-electron chi connectivity index (χ3n) is 7.12. The quantitative estimate of drug-likeness (QED) is 0.253. The molecule has 0 heterocycles. The van der Waals surface area contributed by atoms with E-state index in [1.807, 2.05) is 88.4 Å². The van der Waals surface area contributed by atoms with E-state index in [0.29, 0.717) is 25.7 Å². The Bertz CT molecular complexity index is 1160. The molecule has 0 aromatic heterocycles. The van der Waals surface area contributed by atoms with Gasteiger partial charge in [0, 0.05) is 0 Å². The highest BCUT2D eigenvalue weighted by atomic mass is 16.6. The van der Waals surface area contributed by atoms with Crippen molar-refractivity contribution in [2.75, 3.05) is 0 Å². The van der Waals surface area contributed by atoms with Crippen LogP contribution in [0, 0.1) is 11.8 Å². The molecule has 4 N–H and O–H groups in total. The van der Waals surface area contributed by atoms with E-state index in [9.17, 15) is 24.0 Å². The van der Waals surface area contributed by atoms with Crippen molar-refractivity contribution < 1.29 is 33.4 Å². The minimum atomic E-state index is -0.902. The van der Waals surface area contributed by atoms with Crippen molar-refractivity contribution in [3.05, 3.63) is 71.8 Å². The first-order valence-corrected chi connectivity index (χ1v) is 15.1. The molecular formula is C33H44N4O7. The lowest BCUT2D eigenvalue weighted by Gasteiger charge is -2.23. The van der Waals surface area contributed by atoms with Crippen LogP contribution in [0.1, 0.15) is 64.5 Å². The van der Waals surface area contributed by atoms with Gasteiger partial charge in [-0.2, -0.15) is 0 Å². The zero-order chi connectivity index (χ0) is 32.1. The molecule has 2 aromatic carbocycles. The van der Waals surface area contributed by atoms with Gasteiger partial charge >= 0.3 is 12.2 Å². The van der Waals surface area contributed by atoms with E-state index >= 15 is 0 Å². The van der Waals surface area contributed by atoms with Crippen LogP contribution in [0.5, 0.6) is 0 Å². The van der Waals surface area contributed by atoms with Gasteiger partial charge in [-0.1, -0.05) is 88.4 Å². The summed E-state index contributed by atoms with van der Waals surface area (Å²) < 4.78 is 10.5. The number of nitrogens with one attached hydrogen (secondary N) is 4. The molecule has 4 amide bonds. The maximum atomic E-state index is 13.2. The first-order chi connectivity index (χ1) is 21.0. The van der Waals surface area contributed by atoms with Gasteiger partial charge < -0.3 is 30.7 Å². The molecule has 0 spiro atoms. The first kappa shape index (κ1) is 34.1. The van der Waals surface area contributed by atoms with Crippen molar-refractivity contribution in [2.24, 2.45) is 11.8 Å². The van der Waals surface area contributed by atoms with Gasteiger partial charge in [0.25, 0.3) is 0 Å². The predicted octanol–water partition coefficient (Wildman–Crippen LogP) is 4.00. The number of ether oxygens (including phenoxy) is 2.